The molecule has 0 aliphatic carbocycles. The summed E-state index contributed by atoms with van der Waals surface area (Å²) in [5.74, 6) is 0.382. The lowest BCUT2D eigenvalue weighted by Gasteiger charge is -2.05. The molecule has 0 amide bonds. The number of pyridine rings is 1. The maximum atomic E-state index is 12.3. The molecule has 0 N–H and O–H groups in total. The zero-order valence-electron chi connectivity index (χ0n) is 12.5. The molecule has 1 aromatic heterocycles. The molecule has 0 radical (unpaired) electrons. The van der Waals surface area contributed by atoms with E-state index in [9.17, 15) is 9.59 Å². The first-order chi connectivity index (χ1) is 10.1. The SMILES string of the molecule is CC(C)CC(=O)c1cccc[n+]1CC(=O)c1ccccc1. The average Bonchev–Trinajstić information content (AvgIpc) is 2.48. The molecule has 1 aromatic carbocycles. The van der Waals surface area contributed by atoms with Gasteiger partial charge in [-0.25, -0.2) is 0 Å². The number of aromatic nitrogens is 1. The van der Waals surface area contributed by atoms with Gasteiger partial charge >= 0.3 is 0 Å². The van der Waals surface area contributed by atoms with E-state index in [1.807, 2.05) is 44.2 Å². The Morgan fingerprint density at radius 1 is 0.952 bits per heavy atom. The smallest absolute Gasteiger partial charge is 0.249 e. The average molecular weight is 282 g/mol. The van der Waals surface area contributed by atoms with E-state index in [2.05, 4.69) is 0 Å². The molecule has 0 unspecified atom stereocenters. The van der Waals surface area contributed by atoms with Crippen LogP contribution in [0.4, 0.5) is 0 Å². The minimum atomic E-state index is 0.00500. The maximum Gasteiger partial charge on any atom is 0.249 e. The van der Waals surface area contributed by atoms with Crippen LogP contribution in [-0.2, 0) is 6.54 Å². The molecule has 108 valence electrons. The van der Waals surface area contributed by atoms with E-state index < -0.39 is 0 Å². The van der Waals surface area contributed by atoms with Crippen molar-refractivity contribution in [1.29, 1.82) is 0 Å². The second-order valence-electron chi connectivity index (χ2n) is 5.52. The lowest BCUT2D eigenvalue weighted by Crippen LogP contribution is -2.43. The van der Waals surface area contributed by atoms with Crippen molar-refractivity contribution in [3.63, 3.8) is 0 Å². The second-order valence-corrected chi connectivity index (χ2v) is 5.52. The molecule has 2 aromatic rings. The first kappa shape index (κ1) is 15.1. The molecular formula is C18H20NO2+. The van der Waals surface area contributed by atoms with Crippen molar-refractivity contribution >= 4 is 11.6 Å². The van der Waals surface area contributed by atoms with E-state index >= 15 is 0 Å². The van der Waals surface area contributed by atoms with Gasteiger partial charge in [0, 0.05) is 24.1 Å². The van der Waals surface area contributed by atoms with Gasteiger partial charge in [-0.1, -0.05) is 44.2 Å². The number of carbonyl (C=O) groups excluding carboxylic acids is 2. The van der Waals surface area contributed by atoms with Crippen molar-refractivity contribution in [2.24, 2.45) is 5.92 Å². The van der Waals surface area contributed by atoms with E-state index in [0.29, 0.717) is 23.6 Å². The van der Waals surface area contributed by atoms with Crippen LogP contribution < -0.4 is 4.57 Å². The van der Waals surface area contributed by atoms with Gasteiger partial charge in [0.1, 0.15) is 0 Å². The highest BCUT2D eigenvalue weighted by atomic mass is 16.1. The number of ketones is 2. The molecule has 0 aliphatic rings. The number of carbonyl (C=O) groups is 2. The summed E-state index contributed by atoms with van der Waals surface area (Å²) in [5, 5.41) is 0. The number of hydrogen-bond donors (Lipinski definition) is 0. The molecule has 21 heavy (non-hydrogen) atoms. The van der Waals surface area contributed by atoms with Gasteiger partial charge in [-0.15, -0.1) is 0 Å². The van der Waals surface area contributed by atoms with Crippen LogP contribution in [0.2, 0.25) is 0 Å². The number of rotatable bonds is 6. The van der Waals surface area contributed by atoms with E-state index in [0.717, 1.165) is 0 Å². The summed E-state index contributed by atoms with van der Waals surface area (Å²) >= 11 is 0. The third-order valence-corrected chi connectivity index (χ3v) is 3.23. The zero-order chi connectivity index (χ0) is 15.2. The molecule has 2 rings (SSSR count). The third kappa shape index (κ3) is 4.09. The van der Waals surface area contributed by atoms with Crippen molar-refractivity contribution in [3.05, 3.63) is 66.0 Å². The summed E-state index contributed by atoms with van der Waals surface area (Å²) in [6.07, 6.45) is 2.28. The Bertz CT molecular complexity index is 633. The highest BCUT2D eigenvalue weighted by Gasteiger charge is 2.21. The summed E-state index contributed by atoms with van der Waals surface area (Å²) in [7, 11) is 0. The first-order valence-electron chi connectivity index (χ1n) is 7.18. The van der Waals surface area contributed by atoms with Gasteiger partial charge in [-0.2, -0.15) is 4.57 Å². The Kier molecular flexibility index (Phi) is 4.99. The highest BCUT2D eigenvalue weighted by Crippen LogP contribution is 2.07. The molecule has 0 atom stereocenters. The van der Waals surface area contributed by atoms with E-state index in [4.69, 9.17) is 0 Å². The van der Waals surface area contributed by atoms with Crippen LogP contribution in [0.1, 0.15) is 41.1 Å². The lowest BCUT2D eigenvalue weighted by molar-refractivity contribution is -0.685. The first-order valence-corrected chi connectivity index (χ1v) is 7.18. The monoisotopic (exact) mass is 282 g/mol. The maximum absolute atomic E-state index is 12.3. The number of hydrogen-bond acceptors (Lipinski definition) is 2. The largest absolute Gasteiger partial charge is 0.287 e. The fourth-order valence-electron chi connectivity index (χ4n) is 2.21. The summed E-state index contributed by atoms with van der Waals surface area (Å²) < 4.78 is 1.74. The molecule has 1 heterocycles. The quantitative estimate of drug-likeness (QED) is 0.603. The second kappa shape index (κ2) is 6.93. The van der Waals surface area contributed by atoms with Gasteiger partial charge in [-0.05, 0) is 12.0 Å². The topological polar surface area (TPSA) is 38.0 Å². The molecule has 0 fully saturated rings. The Morgan fingerprint density at radius 3 is 2.29 bits per heavy atom. The van der Waals surface area contributed by atoms with Crippen molar-refractivity contribution in [1.82, 2.24) is 0 Å². The molecule has 0 bridgehead atoms. The van der Waals surface area contributed by atoms with Gasteiger partial charge in [0.2, 0.25) is 23.8 Å². The van der Waals surface area contributed by atoms with Crippen LogP contribution in [0.3, 0.4) is 0 Å². The predicted molar refractivity (Wildman–Crippen MR) is 81.2 cm³/mol. The van der Waals surface area contributed by atoms with E-state index in [-0.39, 0.29) is 18.1 Å². The summed E-state index contributed by atoms with van der Waals surface area (Å²) in [6.45, 7) is 4.21. The van der Waals surface area contributed by atoms with Gasteiger partial charge in [0.05, 0.1) is 0 Å². The third-order valence-electron chi connectivity index (χ3n) is 3.23. The zero-order valence-corrected chi connectivity index (χ0v) is 12.5. The van der Waals surface area contributed by atoms with E-state index in [1.54, 1.807) is 29.0 Å². The molecule has 0 aliphatic heterocycles. The minimum Gasteiger partial charge on any atom is -0.287 e. The molecule has 0 spiro atoms. The minimum absolute atomic E-state index is 0.00500. The van der Waals surface area contributed by atoms with Crippen LogP contribution in [0.15, 0.2) is 54.7 Å². The van der Waals surface area contributed by atoms with Crippen molar-refractivity contribution < 1.29 is 14.2 Å². The van der Waals surface area contributed by atoms with Crippen LogP contribution in [0, 0.1) is 5.92 Å². The van der Waals surface area contributed by atoms with Crippen molar-refractivity contribution in [2.45, 2.75) is 26.8 Å². The highest BCUT2D eigenvalue weighted by molar-refractivity contribution is 5.96. The molecular weight excluding hydrogens is 262 g/mol. The van der Waals surface area contributed by atoms with Crippen LogP contribution in [-0.4, -0.2) is 11.6 Å². The molecule has 3 nitrogen and oxygen atoms in total. The Morgan fingerprint density at radius 2 is 1.62 bits per heavy atom. The number of benzene rings is 1. The fourth-order valence-corrected chi connectivity index (χ4v) is 2.21. The van der Waals surface area contributed by atoms with Crippen molar-refractivity contribution in [2.75, 3.05) is 0 Å². The van der Waals surface area contributed by atoms with Crippen molar-refractivity contribution in [3.8, 4) is 0 Å². The van der Waals surface area contributed by atoms with Crippen LogP contribution in [0.25, 0.3) is 0 Å². The van der Waals surface area contributed by atoms with Crippen LogP contribution in [0.5, 0.6) is 0 Å². The number of Topliss-reactive ketones (excluding diaryl/α,β-unsaturated/α-hetero) is 2. The standard InChI is InChI=1S/C18H20NO2/c1-14(2)12-17(20)16-10-6-7-11-19(16)13-18(21)15-8-4-3-5-9-15/h3-11,14H,12-13H2,1-2H3/q+1. The van der Waals surface area contributed by atoms with E-state index in [1.165, 1.54) is 0 Å². The lowest BCUT2D eigenvalue weighted by atomic mass is 10.0. The van der Waals surface area contributed by atoms with Gasteiger partial charge < -0.3 is 0 Å². The molecule has 0 saturated carbocycles. The summed E-state index contributed by atoms with van der Waals surface area (Å²) in [4.78, 5) is 24.5. The summed E-state index contributed by atoms with van der Waals surface area (Å²) in [6, 6.07) is 14.6. The predicted octanol–water partition coefficient (Wildman–Crippen LogP) is 3.09. The van der Waals surface area contributed by atoms with Gasteiger partial charge in [-0.3, -0.25) is 9.59 Å². The Hall–Kier alpha value is -2.29. The van der Waals surface area contributed by atoms with Crippen LogP contribution >= 0.6 is 0 Å². The molecule has 0 saturated heterocycles. The fraction of sp³-hybridized carbons (Fsp3) is 0.278. The van der Waals surface area contributed by atoms with Gasteiger partial charge in [0.15, 0.2) is 6.20 Å². The Labute approximate surface area is 125 Å². The number of nitrogens with zero attached hydrogens (tertiary/aromatic N) is 1. The Balaban J connectivity index is 2.21. The van der Waals surface area contributed by atoms with Gasteiger partial charge in [0.25, 0.3) is 0 Å². The molecule has 3 heteroatoms. The normalized spacial score (nSPS) is 10.6. The summed E-state index contributed by atoms with van der Waals surface area (Å²) in [5.41, 5.74) is 1.26.